The van der Waals surface area contributed by atoms with Crippen LogP contribution < -0.4 is 15.2 Å². The number of nitrogens with one attached hydrogen (secondary N) is 1. The van der Waals surface area contributed by atoms with Crippen molar-refractivity contribution in [3.63, 3.8) is 0 Å². The predicted molar refractivity (Wildman–Crippen MR) is 78.2 cm³/mol. The minimum Gasteiger partial charge on any atom is -0.492 e. The quantitative estimate of drug-likeness (QED) is 0.851. The highest BCUT2D eigenvalue weighted by molar-refractivity contribution is 7.92. The molecule has 3 N–H and O–H groups in total. The van der Waals surface area contributed by atoms with Crippen LogP contribution in [0.25, 0.3) is 0 Å². The molecule has 2 aromatic rings. The molecule has 0 aromatic heterocycles. The van der Waals surface area contributed by atoms with Gasteiger partial charge in [0.15, 0.2) is 0 Å². The summed E-state index contributed by atoms with van der Waals surface area (Å²) >= 11 is 0. The second-order valence-corrected chi connectivity index (χ2v) is 5.76. The van der Waals surface area contributed by atoms with Gasteiger partial charge >= 0.3 is 0 Å². The third-order valence-electron chi connectivity index (χ3n) is 2.55. The van der Waals surface area contributed by atoms with Gasteiger partial charge in [0.25, 0.3) is 10.0 Å². The van der Waals surface area contributed by atoms with Crippen molar-refractivity contribution in [2.24, 2.45) is 5.73 Å². The van der Waals surface area contributed by atoms with E-state index >= 15 is 0 Å². The van der Waals surface area contributed by atoms with Gasteiger partial charge in [-0.2, -0.15) is 0 Å². The summed E-state index contributed by atoms with van der Waals surface area (Å²) in [7, 11) is -3.55. The molecule has 0 aliphatic rings. The molecule has 0 radical (unpaired) electrons. The summed E-state index contributed by atoms with van der Waals surface area (Å²) in [5.74, 6) is 0.651. The van der Waals surface area contributed by atoms with Crippen molar-refractivity contribution in [2.75, 3.05) is 17.9 Å². The fourth-order valence-corrected chi connectivity index (χ4v) is 2.69. The zero-order valence-electron chi connectivity index (χ0n) is 10.8. The molecule has 0 aliphatic carbocycles. The second kappa shape index (κ2) is 6.40. The van der Waals surface area contributed by atoms with Gasteiger partial charge in [-0.05, 0) is 36.4 Å². The molecule has 0 fully saturated rings. The summed E-state index contributed by atoms with van der Waals surface area (Å²) in [4.78, 5) is 0.225. The Balaban J connectivity index is 2.10. The highest BCUT2D eigenvalue weighted by Gasteiger charge is 2.13. The molecular formula is C14H16N2O3S. The van der Waals surface area contributed by atoms with E-state index in [9.17, 15) is 8.42 Å². The molecule has 0 bridgehead atoms. The van der Waals surface area contributed by atoms with Crippen molar-refractivity contribution in [1.82, 2.24) is 0 Å². The van der Waals surface area contributed by atoms with E-state index in [4.69, 9.17) is 10.5 Å². The Morgan fingerprint density at radius 2 is 1.65 bits per heavy atom. The summed E-state index contributed by atoms with van der Waals surface area (Å²) in [5.41, 5.74) is 5.82. The number of ether oxygens (including phenoxy) is 1. The molecule has 2 aromatic carbocycles. The first-order valence-electron chi connectivity index (χ1n) is 6.12. The summed E-state index contributed by atoms with van der Waals surface area (Å²) in [6.07, 6.45) is 0. The molecule has 0 saturated carbocycles. The summed E-state index contributed by atoms with van der Waals surface area (Å²) in [6.45, 7) is 0.859. The Bertz CT molecular complexity index is 640. The molecule has 6 heteroatoms. The van der Waals surface area contributed by atoms with Gasteiger partial charge in [-0.25, -0.2) is 8.42 Å². The van der Waals surface area contributed by atoms with Crippen LogP contribution in [0.4, 0.5) is 5.69 Å². The van der Waals surface area contributed by atoms with E-state index in [1.165, 1.54) is 0 Å². The Morgan fingerprint density at radius 1 is 1.00 bits per heavy atom. The van der Waals surface area contributed by atoms with E-state index in [-0.39, 0.29) is 4.90 Å². The van der Waals surface area contributed by atoms with Crippen LogP contribution in [0.2, 0.25) is 0 Å². The fraction of sp³-hybridized carbons (Fsp3) is 0.143. The number of hydrogen-bond acceptors (Lipinski definition) is 4. The fourth-order valence-electron chi connectivity index (χ4n) is 1.61. The lowest BCUT2D eigenvalue weighted by molar-refractivity contribution is 0.328. The van der Waals surface area contributed by atoms with Crippen LogP contribution in [0, 0.1) is 0 Å². The van der Waals surface area contributed by atoms with E-state index in [1.807, 2.05) is 0 Å². The first kappa shape index (κ1) is 14.4. The second-order valence-electron chi connectivity index (χ2n) is 4.08. The van der Waals surface area contributed by atoms with Gasteiger partial charge in [0.05, 0.1) is 4.90 Å². The van der Waals surface area contributed by atoms with Gasteiger partial charge < -0.3 is 10.5 Å². The first-order chi connectivity index (χ1) is 9.62. The molecule has 0 atom stereocenters. The van der Waals surface area contributed by atoms with Gasteiger partial charge in [-0.3, -0.25) is 4.72 Å². The number of benzene rings is 2. The number of anilines is 1. The highest BCUT2D eigenvalue weighted by atomic mass is 32.2. The van der Waals surface area contributed by atoms with Gasteiger partial charge in [-0.15, -0.1) is 0 Å². The largest absolute Gasteiger partial charge is 0.492 e. The smallest absolute Gasteiger partial charge is 0.261 e. The van der Waals surface area contributed by atoms with Crippen LogP contribution >= 0.6 is 0 Å². The van der Waals surface area contributed by atoms with Crippen molar-refractivity contribution >= 4 is 15.7 Å². The molecule has 0 aliphatic heterocycles. The molecule has 0 heterocycles. The number of hydrogen-bond donors (Lipinski definition) is 2. The van der Waals surface area contributed by atoms with Crippen LogP contribution in [-0.4, -0.2) is 21.6 Å². The molecule has 20 heavy (non-hydrogen) atoms. The summed E-state index contributed by atoms with van der Waals surface area (Å²) in [6, 6.07) is 14.9. The molecule has 0 unspecified atom stereocenters. The van der Waals surface area contributed by atoms with Crippen LogP contribution in [0.15, 0.2) is 59.5 Å². The Kier molecular flexibility index (Phi) is 4.60. The molecular weight excluding hydrogens is 276 g/mol. The zero-order chi connectivity index (χ0) is 14.4. The SMILES string of the molecule is NCCOc1ccc(NS(=O)(=O)c2ccccc2)cc1. The Hall–Kier alpha value is -2.05. The molecule has 0 amide bonds. The summed E-state index contributed by atoms with van der Waals surface area (Å²) in [5, 5.41) is 0. The van der Waals surface area contributed by atoms with Crippen molar-refractivity contribution in [3.8, 4) is 5.75 Å². The Morgan fingerprint density at radius 3 is 2.25 bits per heavy atom. The standard InChI is InChI=1S/C14H16N2O3S/c15-10-11-19-13-8-6-12(7-9-13)16-20(17,18)14-4-2-1-3-5-14/h1-9,16H,10-11,15H2. The lowest BCUT2D eigenvalue weighted by Gasteiger charge is -2.09. The average Bonchev–Trinajstić information content (AvgIpc) is 2.47. The third kappa shape index (κ3) is 3.72. The van der Waals surface area contributed by atoms with Crippen LogP contribution in [0.5, 0.6) is 5.75 Å². The monoisotopic (exact) mass is 292 g/mol. The highest BCUT2D eigenvalue weighted by Crippen LogP contribution is 2.19. The minimum absolute atomic E-state index is 0.225. The van der Waals surface area contributed by atoms with E-state index < -0.39 is 10.0 Å². The number of nitrogens with two attached hydrogens (primary N) is 1. The molecule has 5 nitrogen and oxygen atoms in total. The van der Waals surface area contributed by atoms with Gasteiger partial charge in [0, 0.05) is 12.2 Å². The van der Waals surface area contributed by atoms with Gasteiger partial charge in [0.2, 0.25) is 0 Å². The number of rotatable bonds is 6. The van der Waals surface area contributed by atoms with Crippen LogP contribution in [0.1, 0.15) is 0 Å². The molecule has 2 rings (SSSR count). The summed E-state index contributed by atoms with van der Waals surface area (Å²) < 4.78 is 32.0. The van der Waals surface area contributed by atoms with E-state index in [2.05, 4.69) is 4.72 Å². The zero-order valence-corrected chi connectivity index (χ0v) is 11.6. The molecule has 0 spiro atoms. The predicted octanol–water partition coefficient (Wildman–Crippen LogP) is 1.82. The van der Waals surface area contributed by atoms with E-state index in [0.717, 1.165) is 0 Å². The molecule has 106 valence electrons. The maximum Gasteiger partial charge on any atom is 0.261 e. The van der Waals surface area contributed by atoms with E-state index in [0.29, 0.717) is 24.6 Å². The first-order valence-corrected chi connectivity index (χ1v) is 7.61. The lowest BCUT2D eigenvalue weighted by atomic mass is 10.3. The Labute approximate surface area is 118 Å². The van der Waals surface area contributed by atoms with E-state index in [1.54, 1.807) is 54.6 Å². The average molecular weight is 292 g/mol. The number of sulfonamides is 1. The van der Waals surface area contributed by atoms with Gasteiger partial charge in [-0.1, -0.05) is 18.2 Å². The third-order valence-corrected chi connectivity index (χ3v) is 3.94. The van der Waals surface area contributed by atoms with Crippen molar-refractivity contribution < 1.29 is 13.2 Å². The lowest BCUT2D eigenvalue weighted by Crippen LogP contribution is -2.13. The maximum atomic E-state index is 12.1. The van der Waals surface area contributed by atoms with Crippen LogP contribution in [0.3, 0.4) is 0 Å². The van der Waals surface area contributed by atoms with Gasteiger partial charge in [0.1, 0.15) is 12.4 Å². The van der Waals surface area contributed by atoms with Crippen molar-refractivity contribution in [2.45, 2.75) is 4.90 Å². The molecule has 0 saturated heterocycles. The minimum atomic E-state index is -3.55. The maximum absolute atomic E-state index is 12.1. The van der Waals surface area contributed by atoms with Crippen molar-refractivity contribution in [1.29, 1.82) is 0 Å². The topological polar surface area (TPSA) is 81.4 Å². The normalized spacial score (nSPS) is 11.1. The van der Waals surface area contributed by atoms with Crippen molar-refractivity contribution in [3.05, 3.63) is 54.6 Å². The van der Waals surface area contributed by atoms with Crippen LogP contribution in [-0.2, 0) is 10.0 Å².